The molecule has 1 saturated heterocycles. The highest BCUT2D eigenvalue weighted by Gasteiger charge is 2.18. The van der Waals surface area contributed by atoms with Crippen molar-refractivity contribution in [2.45, 2.75) is 96.8 Å². The highest BCUT2D eigenvalue weighted by atomic mass is 16.5. The van der Waals surface area contributed by atoms with Gasteiger partial charge in [0, 0.05) is 19.5 Å². The highest BCUT2D eigenvalue weighted by molar-refractivity contribution is 5.76. The molecule has 5 heteroatoms. The monoisotopic (exact) mass is 394 g/mol. The molecule has 0 aromatic rings. The quantitative estimate of drug-likeness (QED) is 0.187. The van der Waals surface area contributed by atoms with Gasteiger partial charge in [-0.3, -0.25) is 4.79 Å². The number of hydrogen-bond donors (Lipinski definition) is 1. The third kappa shape index (κ3) is 13.6. The van der Waals surface area contributed by atoms with E-state index < -0.39 is 0 Å². The van der Waals surface area contributed by atoms with Gasteiger partial charge in [-0.25, -0.2) is 4.79 Å². The molecule has 0 saturated carbocycles. The zero-order chi connectivity index (χ0) is 20.3. The van der Waals surface area contributed by atoms with Crippen LogP contribution in [0.5, 0.6) is 0 Å². The molecule has 1 aliphatic heterocycles. The molecule has 28 heavy (non-hydrogen) atoms. The van der Waals surface area contributed by atoms with Crippen molar-refractivity contribution in [3.8, 4) is 0 Å². The summed E-state index contributed by atoms with van der Waals surface area (Å²) < 4.78 is 5.20. The van der Waals surface area contributed by atoms with Gasteiger partial charge in [0.2, 0.25) is 0 Å². The second-order valence-corrected chi connectivity index (χ2v) is 7.77. The molecule has 1 rings (SSSR count). The first-order chi connectivity index (χ1) is 13.7. The van der Waals surface area contributed by atoms with Crippen molar-refractivity contribution in [2.75, 3.05) is 26.2 Å². The maximum Gasteiger partial charge on any atom is 0.317 e. The molecule has 0 aromatic heterocycles. The van der Waals surface area contributed by atoms with Crippen LogP contribution in [0, 0.1) is 0 Å². The molecule has 0 aliphatic carbocycles. The average molecular weight is 395 g/mol. The zero-order valence-corrected chi connectivity index (χ0v) is 18.1. The largest absolute Gasteiger partial charge is 0.464 e. The number of nitrogens with zero attached hydrogens (tertiary/aromatic N) is 1. The molecule has 5 nitrogen and oxygen atoms in total. The molecule has 1 N–H and O–H groups in total. The van der Waals surface area contributed by atoms with E-state index in [2.05, 4.69) is 24.4 Å². The average Bonchev–Trinajstić information content (AvgIpc) is 3.10. The van der Waals surface area contributed by atoms with E-state index in [0.717, 1.165) is 12.8 Å². The summed E-state index contributed by atoms with van der Waals surface area (Å²) in [7, 11) is 0. The number of nitrogens with one attached hydrogen (secondary N) is 1. The van der Waals surface area contributed by atoms with Crippen LogP contribution in [0.15, 0.2) is 12.2 Å². The molecule has 2 amide bonds. The standard InChI is InChI=1S/C23H42N2O3/c1-2-3-4-5-6-7-8-9-10-11-12-13-14-15-16-17-22(26)28-21-20-25-19-18-24-23(25)27/h9-10H,2-8,11-21H2,1H3,(H,24,27)/b10-9-. The van der Waals surface area contributed by atoms with E-state index in [4.69, 9.17) is 4.74 Å². The van der Waals surface area contributed by atoms with Crippen LogP contribution >= 0.6 is 0 Å². The lowest BCUT2D eigenvalue weighted by Crippen LogP contribution is -2.31. The molecule has 0 spiro atoms. The lowest BCUT2D eigenvalue weighted by atomic mass is 10.1. The Labute approximate surface area is 172 Å². The molecule has 0 bridgehead atoms. The summed E-state index contributed by atoms with van der Waals surface area (Å²) in [5.41, 5.74) is 0. The summed E-state index contributed by atoms with van der Waals surface area (Å²) in [6.07, 6.45) is 21.5. The molecule has 162 valence electrons. The topological polar surface area (TPSA) is 58.6 Å². The number of ether oxygens (including phenoxy) is 1. The summed E-state index contributed by atoms with van der Waals surface area (Å²) >= 11 is 0. The second-order valence-electron chi connectivity index (χ2n) is 7.77. The smallest absolute Gasteiger partial charge is 0.317 e. The number of amides is 2. The van der Waals surface area contributed by atoms with Crippen molar-refractivity contribution < 1.29 is 14.3 Å². The number of rotatable bonds is 18. The second kappa shape index (κ2) is 17.6. The third-order valence-electron chi connectivity index (χ3n) is 5.21. The fourth-order valence-electron chi connectivity index (χ4n) is 3.41. The van der Waals surface area contributed by atoms with Crippen LogP contribution in [0.3, 0.4) is 0 Å². The Hall–Kier alpha value is -1.52. The first-order valence-corrected chi connectivity index (χ1v) is 11.6. The van der Waals surface area contributed by atoms with Crippen LogP contribution in [-0.2, 0) is 9.53 Å². The Morgan fingerprint density at radius 3 is 2.18 bits per heavy atom. The number of carbonyl (C=O) groups excluding carboxylic acids is 2. The van der Waals surface area contributed by atoms with Crippen LogP contribution in [0.2, 0.25) is 0 Å². The third-order valence-corrected chi connectivity index (χ3v) is 5.21. The summed E-state index contributed by atoms with van der Waals surface area (Å²) in [5.74, 6) is -0.141. The van der Waals surface area contributed by atoms with Crippen molar-refractivity contribution in [2.24, 2.45) is 0 Å². The Bertz CT molecular complexity index is 438. The predicted molar refractivity (Wildman–Crippen MR) is 115 cm³/mol. The summed E-state index contributed by atoms with van der Waals surface area (Å²) in [6.45, 7) is 4.44. The van der Waals surface area contributed by atoms with E-state index in [1.54, 1.807) is 4.90 Å². The summed E-state index contributed by atoms with van der Waals surface area (Å²) in [6, 6.07) is -0.0618. The van der Waals surface area contributed by atoms with Gasteiger partial charge in [-0.15, -0.1) is 0 Å². The van der Waals surface area contributed by atoms with E-state index in [1.807, 2.05) is 0 Å². The predicted octanol–water partition coefficient (Wildman–Crippen LogP) is 5.59. The first-order valence-electron chi connectivity index (χ1n) is 11.6. The fraction of sp³-hybridized carbons (Fsp3) is 0.826. The summed E-state index contributed by atoms with van der Waals surface area (Å²) in [4.78, 5) is 24.7. The Kier molecular flexibility index (Phi) is 15.4. The normalized spacial score (nSPS) is 14.0. The van der Waals surface area contributed by atoms with Crippen molar-refractivity contribution in [3.05, 3.63) is 12.2 Å². The van der Waals surface area contributed by atoms with Crippen LogP contribution in [0.25, 0.3) is 0 Å². The van der Waals surface area contributed by atoms with Crippen molar-refractivity contribution in [1.82, 2.24) is 10.2 Å². The molecular weight excluding hydrogens is 352 g/mol. The minimum atomic E-state index is -0.141. The number of unbranched alkanes of at least 4 members (excludes halogenated alkanes) is 11. The van der Waals surface area contributed by atoms with Gasteiger partial charge in [0.1, 0.15) is 6.61 Å². The Morgan fingerprint density at radius 2 is 1.57 bits per heavy atom. The van der Waals surface area contributed by atoms with E-state index in [-0.39, 0.29) is 12.0 Å². The van der Waals surface area contributed by atoms with Gasteiger partial charge >= 0.3 is 12.0 Å². The van der Waals surface area contributed by atoms with E-state index in [0.29, 0.717) is 32.7 Å². The molecule has 1 heterocycles. The maximum absolute atomic E-state index is 11.7. The number of urea groups is 1. The van der Waals surface area contributed by atoms with Crippen molar-refractivity contribution in [3.63, 3.8) is 0 Å². The zero-order valence-electron chi connectivity index (χ0n) is 18.1. The van der Waals surface area contributed by atoms with Gasteiger partial charge in [-0.05, 0) is 32.1 Å². The van der Waals surface area contributed by atoms with Crippen LogP contribution in [-0.4, -0.2) is 43.1 Å². The van der Waals surface area contributed by atoms with Crippen LogP contribution in [0.1, 0.15) is 96.8 Å². The van der Waals surface area contributed by atoms with E-state index >= 15 is 0 Å². The molecule has 0 radical (unpaired) electrons. The van der Waals surface area contributed by atoms with Gasteiger partial charge in [-0.2, -0.15) is 0 Å². The Balaban J connectivity index is 1.79. The van der Waals surface area contributed by atoms with Gasteiger partial charge in [0.05, 0.1) is 6.54 Å². The van der Waals surface area contributed by atoms with Crippen LogP contribution < -0.4 is 5.32 Å². The Morgan fingerprint density at radius 1 is 0.964 bits per heavy atom. The van der Waals surface area contributed by atoms with Crippen molar-refractivity contribution in [1.29, 1.82) is 0 Å². The number of esters is 1. The summed E-state index contributed by atoms with van der Waals surface area (Å²) in [5, 5.41) is 2.73. The van der Waals surface area contributed by atoms with E-state index in [1.165, 1.54) is 70.6 Å². The minimum absolute atomic E-state index is 0.0618. The van der Waals surface area contributed by atoms with Gasteiger partial charge in [-0.1, -0.05) is 70.4 Å². The molecule has 1 fully saturated rings. The molecule has 0 aromatic carbocycles. The minimum Gasteiger partial charge on any atom is -0.464 e. The van der Waals surface area contributed by atoms with Gasteiger partial charge in [0.15, 0.2) is 0 Å². The highest BCUT2D eigenvalue weighted by Crippen LogP contribution is 2.10. The number of hydrogen-bond acceptors (Lipinski definition) is 3. The number of carbonyl (C=O) groups is 2. The fourth-order valence-corrected chi connectivity index (χ4v) is 3.41. The maximum atomic E-state index is 11.7. The van der Waals surface area contributed by atoms with E-state index in [9.17, 15) is 9.59 Å². The molecule has 0 unspecified atom stereocenters. The van der Waals surface area contributed by atoms with Crippen molar-refractivity contribution >= 4 is 12.0 Å². The SMILES string of the molecule is CCCCCCCC/C=C\CCCCCCCC(=O)OCCN1CCNC1=O. The molecular formula is C23H42N2O3. The van der Waals surface area contributed by atoms with Crippen LogP contribution in [0.4, 0.5) is 4.79 Å². The van der Waals surface area contributed by atoms with Gasteiger partial charge < -0.3 is 15.0 Å². The molecule has 0 atom stereocenters. The lowest BCUT2D eigenvalue weighted by molar-refractivity contribution is -0.144. The number of allylic oxidation sites excluding steroid dienone is 2. The molecule has 1 aliphatic rings. The first kappa shape index (κ1) is 24.5. The van der Waals surface area contributed by atoms with Gasteiger partial charge in [0.25, 0.3) is 0 Å². The lowest BCUT2D eigenvalue weighted by Gasteiger charge is -2.13.